The molecule has 0 radical (unpaired) electrons. The second-order valence-electron chi connectivity index (χ2n) is 8.12. The fraction of sp³-hybridized carbons (Fsp3) is 0.154. The molecule has 2 aromatic rings. The average molecular weight is 447 g/mol. The zero-order valence-electron chi connectivity index (χ0n) is 18.5. The van der Waals surface area contributed by atoms with Crippen LogP contribution in [0.3, 0.4) is 0 Å². The van der Waals surface area contributed by atoms with Crippen molar-refractivity contribution in [2.45, 2.75) is 13.5 Å². The van der Waals surface area contributed by atoms with Crippen molar-refractivity contribution in [1.29, 1.82) is 0 Å². The SMILES string of the molecule is C=C[Si]1(C)C2=CC(=NC)C=CC2=C(c2c(F)cc(C(C)=O)cc2F)c2ccc(NC)cc21. The third-order valence-corrected chi connectivity index (χ3v) is 10.2. The lowest BCUT2D eigenvalue weighted by Gasteiger charge is -2.38. The number of hydrogen-bond acceptors (Lipinski definition) is 3. The molecule has 1 aliphatic heterocycles. The molecule has 4 rings (SSSR count). The number of allylic oxidation sites excluding steroid dienone is 5. The maximum atomic E-state index is 15.4. The second-order valence-corrected chi connectivity index (χ2v) is 12.0. The van der Waals surface area contributed by atoms with E-state index in [9.17, 15) is 4.79 Å². The van der Waals surface area contributed by atoms with Gasteiger partial charge in [0.2, 0.25) is 0 Å². The Bertz CT molecular complexity index is 1280. The van der Waals surface area contributed by atoms with Crippen LogP contribution in [0.4, 0.5) is 14.5 Å². The van der Waals surface area contributed by atoms with E-state index in [0.717, 1.165) is 45.1 Å². The molecule has 0 spiro atoms. The van der Waals surface area contributed by atoms with Crippen molar-refractivity contribution in [2.24, 2.45) is 4.99 Å². The molecule has 2 aliphatic rings. The predicted octanol–water partition coefficient (Wildman–Crippen LogP) is 5.14. The first-order chi connectivity index (χ1) is 15.2. The lowest BCUT2D eigenvalue weighted by Crippen LogP contribution is -2.50. The van der Waals surface area contributed by atoms with E-state index in [1.165, 1.54) is 6.92 Å². The van der Waals surface area contributed by atoms with Gasteiger partial charge >= 0.3 is 0 Å². The van der Waals surface area contributed by atoms with Crippen molar-refractivity contribution in [3.8, 4) is 0 Å². The molecule has 0 aromatic heterocycles. The number of ketones is 1. The van der Waals surface area contributed by atoms with Crippen LogP contribution in [0.25, 0.3) is 5.57 Å². The maximum Gasteiger partial charge on any atom is 0.160 e. The number of carbonyl (C=O) groups excluding carboxylic acids is 1. The first-order valence-electron chi connectivity index (χ1n) is 10.3. The summed E-state index contributed by atoms with van der Waals surface area (Å²) in [6.45, 7) is 7.62. The van der Waals surface area contributed by atoms with Gasteiger partial charge in [-0.05, 0) is 64.9 Å². The Balaban J connectivity index is 2.15. The molecule has 3 nitrogen and oxygen atoms in total. The van der Waals surface area contributed by atoms with Gasteiger partial charge in [-0.1, -0.05) is 24.4 Å². The minimum Gasteiger partial charge on any atom is -0.388 e. The van der Waals surface area contributed by atoms with E-state index < -0.39 is 19.7 Å². The molecule has 6 heteroatoms. The van der Waals surface area contributed by atoms with Crippen molar-refractivity contribution >= 4 is 36.0 Å². The summed E-state index contributed by atoms with van der Waals surface area (Å²) >= 11 is 0. The van der Waals surface area contributed by atoms with Crippen LogP contribution in [0.2, 0.25) is 6.55 Å². The first kappa shape index (κ1) is 21.8. The van der Waals surface area contributed by atoms with Gasteiger partial charge in [-0.2, -0.15) is 0 Å². The van der Waals surface area contributed by atoms with Crippen LogP contribution in [0.5, 0.6) is 0 Å². The molecule has 0 amide bonds. The Morgan fingerprint density at radius 1 is 1.16 bits per heavy atom. The summed E-state index contributed by atoms with van der Waals surface area (Å²) in [5, 5.41) is 5.18. The molecule has 2 aromatic carbocycles. The zero-order chi connectivity index (χ0) is 23.2. The van der Waals surface area contributed by atoms with Crippen molar-refractivity contribution in [1.82, 2.24) is 0 Å². The predicted molar refractivity (Wildman–Crippen MR) is 130 cm³/mol. The normalized spacial score (nSPS) is 20.6. The van der Waals surface area contributed by atoms with Gasteiger partial charge in [0.15, 0.2) is 5.78 Å². The van der Waals surface area contributed by atoms with Crippen LogP contribution in [-0.2, 0) is 0 Å². The number of halogens is 2. The van der Waals surface area contributed by atoms with Gasteiger partial charge in [0.05, 0.1) is 11.3 Å². The quantitative estimate of drug-likeness (QED) is 0.522. The maximum absolute atomic E-state index is 15.4. The van der Waals surface area contributed by atoms with Gasteiger partial charge in [0, 0.05) is 30.9 Å². The highest BCUT2D eigenvalue weighted by atomic mass is 28.3. The van der Waals surface area contributed by atoms with Crippen LogP contribution in [0.1, 0.15) is 28.4 Å². The molecule has 0 saturated heterocycles. The monoisotopic (exact) mass is 446 g/mol. The third kappa shape index (κ3) is 3.22. The Labute approximate surface area is 187 Å². The van der Waals surface area contributed by atoms with Crippen LogP contribution < -0.4 is 10.5 Å². The van der Waals surface area contributed by atoms with Gasteiger partial charge in [0.1, 0.15) is 19.7 Å². The van der Waals surface area contributed by atoms with E-state index in [0.29, 0.717) is 5.57 Å². The minimum atomic E-state index is -2.44. The molecular formula is C26H24F2N2OSi. The summed E-state index contributed by atoms with van der Waals surface area (Å²) in [6.07, 6.45) is 5.73. The van der Waals surface area contributed by atoms with Gasteiger partial charge < -0.3 is 5.32 Å². The lowest BCUT2D eigenvalue weighted by molar-refractivity contribution is 0.101. The highest BCUT2D eigenvalue weighted by Gasteiger charge is 2.42. The summed E-state index contributed by atoms with van der Waals surface area (Å²) in [5.74, 6) is -1.90. The van der Waals surface area contributed by atoms with Crippen LogP contribution in [0.15, 0.2) is 76.6 Å². The molecule has 0 bridgehead atoms. The Morgan fingerprint density at radius 2 is 1.84 bits per heavy atom. The first-order valence-corrected chi connectivity index (χ1v) is 12.9. The van der Waals surface area contributed by atoms with Crippen molar-refractivity contribution < 1.29 is 13.6 Å². The average Bonchev–Trinajstić information content (AvgIpc) is 2.79. The van der Waals surface area contributed by atoms with Gasteiger partial charge in [-0.3, -0.25) is 9.79 Å². The lowest BCUT2D eigenvalue weighted by atomic mass is 9.88. The number of hydrogen-bond donors (Lipinski definition) is 1. The number of Topliss-reactive ketones (excluding diaryl/α,β-unsaturated/α-hetero) is 1. The van der Waals surface area contributed by atoms with Crippen molar-refractivity contribution in [2.75, 3.05) is 19.4 Å². The molecule has 1 aliphatic carbocycles. The number of carbonyl (C=O) groups is 1. The Morgan fingerprint density at radius 3 is 2.41 bits per heavy atom. The topological polar surface area (TPSA) is 41.5 Å². The molecule has 0 fully saturated rings. The largest absolute Gasteiger partial charge is 0.388 e. The van der Waals surface area contributed by atoms with E-state index in [1.807, 2.05) is 49.2 Å². The van der Waals surface area contributed by atoms with Crippen LogP contribution in [-0.4, -0.2) is 33.7 Å². The van der Waals surface area contributed by atoms with Gasteiger partial charge in [-0.15, -0.1) is 6.58 Å². The summed E-state index contributed by atoms with van der Waals surface area (Å²) in [6, 6.07) is 8.08. The van der Waals surface area contributed by atoms with E-state index in [-0.39, 0.29) is 16.9 Å². The minimum absolute atomic E-state index is 0.0107. The molecular weight excluding hydrogens is 422 g/mol. The highest BCUT2D eigenvalue weighted by Crippen LogP contribution is 2.43. The molecule has 162 valence electrons. The number of rotatable bonds is 4. The summed E-state index contributed by atoms with van der Waals surface area (Å²) in [7, 11) is 1.11. The number of nitrogens with zero attached hydrogens (tertiary/aromatic N) is 1. The summed E-state index contributed by atoms with van der Waals surface area (Å²) in [4.78, 5) is 16.0. The highest BCUT2D eigenvalue weighted by molar-refractivity contribution is 7.02. The molecule has 32 heavy (non-hydrogen) atoms. The molecule has 0 saturated carbocycles. The number of anilines is 1. The number of benzene rings is 2. The standard InChI is InChI=1S/C26H24F2N2OSi/c1-6-32(5)23-13-17(29-3)7-9-19(23)25(20-10-8-18(30-4)14-24(20)32)26-21(27)11-16(15(2)31)12-22(26)28/h6-14,29H,1H2,2-5H3. The van der Waals surface area contributed by atoms with E-state index in [2.05, 4.69) is 23.4 Å². The number of nitrogens with one attached hydrogen (secondary N) is 1. The molecule has 1 atom stereocenters. The van der Waals surface area contributed by atoms with Crippen LogP contribution in [0, 0.1) is 11.6 Å². The van der Waals surface area contributed by atoms with Gasteiger partial charge in [0.25, 0.3) is 0 Å². The number of fused-ring (bicyclic) bond motifs is 2. The van der Waals surface area contributed by atoms with Crippen molar-refractivity contribution in [3.63, 3.8) is 0 Å². The zero-order valence-corrected chi connectivity index (χ0v) is 19.5. The fourth-order valence-electron chi connectivity index (χ4n) is 4.46. The Kier molecular flexibility index (Phi) is 5.42. The van der Waals surface area contributed by atoms with Crippen molar-refractivity contribution in [3.05, 3.63) is 99.9 Å². The molecule has 1 N–H and O–H groups in total. The Hall–Kier alpha value is -3.38. The third-order valence-electron chi connectivity index (χ3n) is 6.33. The van der Waals surface area contributed by atoms with Crippen LogP contribution >= 0.6 is 0 Å². The summed E-state index contributed by atoms with van der Waals surface area (Å²) in [5.41, 5.74) is 5.61. The van der Waals surface area contributed by atoms with Gasteiger partial charge in [-0.25, -0.2) is 8.78 Å². The molecule has 1 unspecified atom stereocenters. The van der Waals surface area contributed by atoms with E-state index in [1.54, 1.807) is 7.05 Å². The smallest absolute Gasteiger partial charge is 0.160 e. The van der Waals surface area contributed by atoms with E-state index >= 15 is 8.78 Å². The second kappa shape index (κ2) is 7.95. The summed E-state index contributed by atoms with van der Waals surface area (Å²) < 4.78 is 30.7. The number of aliphatic imine (C=N–C) groups is 1. The fourth-order valence-corrected chi connectivity index (χ4v) is 7.63. The molecule has 1 heterocycles. The van der Waals surface area contributed by atoms with E-state index in [4.69, 9.17) is 0 Å².